The van der Waals surface area contributed by atoms with Crippen LogP contribution in [0, 0.1) is 10.8 Å². The second-order valence-corrected chi connectivity index (χ2v) is 9.00. The second kappa shape index (κ2) is 6.33. The van der Waals surface area contributed by atoms with E-state index in [0.29, 0.717) is 22.7 Å². The zero-order valence-corrected chi connectivity index (χ0v) is 14.9. The maximum atomic E-state index is 2.35. The second-order valence-electron chi connectivity index (χ2n) is 9.00. The summed E-state index contributed by atoms with van der Waals surface area (Å²) in [5.41, 5.74) is 3.76. The highest BCUT2D eigenvalue weighted by Gasteiger charge is 2.18. The van der Waals surface area contributed by atoms with E-state index >= 15 is 0 Å². The van der Waals surface area contributed by atoms with Gasteiger partial charge in [-0.05, 0) is 46.6 Å². The molecule has 0 heteroatoms. The minimum Gasteiger partial charge on any atom is -0.0602 e. The molecule has 0 aromatic heterocycles. The maximum Gasteiger partial charge on any atom is -0.0185 e. The molecule has 0 aliphatic rings. The van der Waals surface area contributed by atoms with Crippen molar-refractivity contribution in [2.45, 2.75) is 80.1 Å². The highest BCUT2D eigenvalue weighted by atomic mass is 14.2. The third-order valence-electron chi connectivity index (χ3n) is 3.91. The third kappa shape index (κ3) is 6.11. The van der Waals surface area contributed by atoms with Gasteiger partial charge < -0.3 is 0 Å². The van der Waals surface area contributed by atoms with Gasteiger partial charge in [-0.15, -0.1) is 0 Å². The van der Waals surface area contributed by atoms with Crippen molar-refractivity contribution >= 4 is 0 Å². The molecule has 0 saturated heterocycles. The van der Waals surface area contributed by atoms with Crippen molar-refractivity contribution in [2.75, 3.05) is 0 Å². The maximum absolute atomic E-state index is 2.35. The first-order valence-corrected chi connectivity index (χ1v) is 8.08. The van der Waals surface area contributed by atoms with Gasteiger partial charge in [0.05, 0.1) is 0 Å². The van der Waals surface area contributed by atoms with Gasteiger partial charge >= 0.3 is 0 Å². The Kier molecular flexibility index (Phi) is 5.46. The van der Waals surface area contributed by atoms with Crippen LogP contribution in [0.2, 0.25) is 0 Å². The van der Waals surface area contributed by atoms with Crippen molar-refractivity contribution in [1.29, 1.82) is 0 Å². The van der Waals surface area contributed by atoms with Crippen LogP contribution in [0.5, 0.6) is 0 Å². The Labute approximate surface area is 127 Å². The van der Waals surface area contributed by atoms with Gasteiger partial charge in [-0.3, -0.25) is 0 Å². The highest BCUT2D eigenvalue weighted by molar-refractivity contribution is 5.27. The van der Waals surface area contributed by atoms with E-state index < -0.39 is 0 Å². The SMILES string of the molecule is CC(CC(C)(C)C)c1ccc(C(C)CC(C)(C)C)cc1. The van der Waals surface area contributed by atoms with Gasteiger partial charge in [0.25, 0.3) is 0 Å². The average Bonchev–Trinajstić information content (AvgIpc) is 2.24. The van der Waals surface area contributed by atoms with Gasteiger partial charge in [0.2, 0.25) is 0 Å². The molecule has 0 aliphatic heterocycles. The first-order valence-electron chi connectivity index (χ1n) is 8.08. The van der Waals surface area contributed by atoms with E-state index in [4.69, 9.17) is 0 Å². The summed E-state index contributed by atoms with van der Waals surface area (Å²) in [6.45, 7) is 18.6. The number of benzene rings is 1. The standard InChI is InChI=1S/C20H34/c1-15(13-19(3,4)5)17-9-11-18(12-10-17)16(2)14-20(6,7)8/h9-12,15-16H,13-14H2,1-8H3. The quantitative estimate of drug-likeness (QED) is 0.568. The Balaban J connectivity index is 2.73. The molecular weight excluding hydrogens is 240 g/mol. The monoisotopic (exact) mass is 274 g/mol. The minimum absolute atomic E-state index is 0.400. The van der Waals surface area contributed by atoms with E-state index in [0.717, 1.165) is 0 Å². The molecule has 0 nitrogen and oxygen atoms in total. The molecule has 20 heavy (non-hydrogen) atoms. The van der Waals surface area contributed by atoms with Crippen molar-refractivity contribution in [3.05, 3.63) is 35.4 Å². The van der Waals surface area contributed by atoms with Crippen molar-refractivity contribution in [1.82, 2.24) is 0 Å². The predicted octanol–water partition coefficient (Wildman–Crippen LogP) is 6.77. The van der Waals surface area contributed by atoms with E-state index in [1.807, 2.05) is 0 Å². The molecule has 1 rings (SSSR count). The lowest BCUT2D eigenvalue weighted by Gasteiger charge is -2.25. The summed E-state index contributed by atoms with van der Waals surface area (Å²) in [5, 5.41) is 0. The van der Waals surface area contributed by atoms with Crippen LogP contribution in [0.1, 0.15) is 91.2 Å². The molecule has 114 valence electrons. The van der Waals surface area contributed by atoms with E-state index in [1.54, 1.807) is 0 Å². The van der Waals surface area contributed by atoms with Crippen LogP contribution < -0.4 is 0 Å². The zero-order valence-electron chi connectivity index (χ0n) is 14.9. The summed E-state index contributed by atoms with van der Waals surface area (Å²) in [7, 11) is 0. The third-order valence-corrected chi connectivity index (χ3v) is 3.91. The molecule has 0 amide bonds. The Bertz CT molecular complexity index is 356. The van der Waals surface area contributed by atoms with Gasteiger partial charge in [-0.2, -0.15) is 0 Å². The number of hydrogen-bond donors (Lipinski definition) is 0. The van der Waals surface area contributed by atoms with Crippen molar-refractivity contribution in [2.24, 2.45) is 10.8 Å². The molecule has 0 radical (unpaired) electrons. The topological polar surface area (TPSA) is 0 Å². The Hall–Kier alpha value is -0.780. The summed E-state index contributed by atoms with van der Waals surface area (Å²) in [5.74, 6) is 1.28. The van der Waals surface area contributed by atoms with Crippen LogP contribution >= 0.6 is 0 Å². The normalized spacial score (nSPS) is 16.0. The Morgan fingerprint density at radius 1 is 0.650 bits per heavy atom. The fraction of sp³-hybridized carbons (Fsp3) is 0.700. The largest absolute Gasteiger partial charge is 0.0602 e. The summed E-state index contributed by atoms with van der Waals surface area (Å²) < 4.78 is 0. The van der Waals surface area contributed by atoms with Crippen molar-refractivity contribution in [3.8, 4) is 0 Å². The zero-order chi connectivity index (χ0) is 15.6. The minimum atomic E-state index is 0.400. The fourth-order valence-corrected chi connectivity index (χ4v) is 3.23. The fourth-order valence-electron chi connectivity index (χ4n) is 3.23. The van der Waals surface area contributed by atoms with Gasteiger partial charge in [-0.25, -0.2) is 0 Å². The summed E-state index contributed by atoms with van der Waals surface area (Å²) in [6.07, 6.45) is 2.48. The molecular formula is C20H34. The van der Waals surface area contributed by atoms with Crippen LogP contribution in [-0.4, -0.2) is 0 Å². The summed E-state index contributed by atoms with van der Waals surface area (Å²) >= 11 is 0. The molecule has 2 atom stereocenters. The average molecular weight is 274 g/mol. The predicted molar refractivity (Wildman–Crippen MR) is 91.4 cm³/mol. The number of rotatable bonds is 4. The lowest BCUT2D eigenvalue weighted by atomic mass is 9.80. The molecule has 0 aliphatic carbocycles. The molecule has 0 N–H and O–H groups in total. The molecule has 2 unspecified atom stereocenters. The lowest BCUT2D eigenvalue weighted by Crippen LogP contribution is -2.11. The first kappa shape index (κ1) is 17.3. The van der Waals surface area contributed by atoms with E-state index in [-0.39, 0.29) is 0 Å². The van der Waals surface area contributed by atoms with Crippen molar-refractivity contribution in [3.63, 3.8) is 0 Å². The Morgan fingerprint density at radius 3 is 1.10 bits per heavy atom. The molecule has 0 spiro atoms. The molecule has 0 fully saturated rings. The van der Waals surface area contributed by atoms with Crippen molar-refractivity contribution < 1.29 is 0 Å². The van der Waals surface area contributed by atoms with Gasteiger partial charge in [-0.1, -0.05) is 79.7 Å². The van der Waals surface area contributed by atoms with Crippen LogP contribution in [0.15, 0.2) is 24.3 Å². The molecule has 0 bridgehead atoms. The first-order chi connectivity index (χ1) is 8.98. The Morgan fingerprint density at radius 2 is 0.900 bits per heavy atom. The van der Waals surface area contributed by atoms with Crippen LogP contribution in [-0.2, 0) is 0 Å². The van der Waals surface area contributed by atoms with Gasteiger partial charge in [0.15, 0.2) is 0 Å². The van der Waals surface area contributed by atoms with Crippen LogP contribution in [0.3, 0.4) is 0 Å². The van der Waals surface area contributed by atoms with E-state index in [9.17, 15) is 0 Å². The molecule has 1 aromatic carbocycles. The van der Waals surface area contributed by atoms with Crippen LogP contribution in [0.25, 0.3) is 0 Å². The highest BCUT2D eigenvalue weighted by Crippen LogP contribution is 2.33. The smallest absolute Gasteiger partial charge is 0.0185 e. The molecule has 1 aromatic rings. The summed E-state index contributed by atoms with van der Waals surface area (Å²) in [6, 6.07) is 9.35. The van der Waals surface area contributed by atoms with Gasteiger partial charge in [0.1, 0.15) is 0 Å². The van der Waals surface area contributed by atoms with Crippen LogP contribution in [0.4, 0.5) is 0 Å². The molecule has 0 saturated carbocycles. The van der Waals surface area contributed by atoms with E-state index in [1.165, 1.54) is 24.0 Å². The lowest BCUT2D eigenvalue weighted by molar-refractivity contribution is 0.346. The molecule has 0 heterocycles. The summed E-state index contributed by atoms with van der Waals surface area (Å²) in [4.78, 5) is 0. The number of hydrogen-bond acceptors (Lipinski definition) is 0. The van der Waals surface area contributed by atoms with E-state index in [2.05, 4.69) is 79.7 Å². The van der Waals surface area contributed by atoms with Gasteiger partial charge in [0, 0.05) is 0 Å².